The Labute approximate surface area is 155 Å². The lowest BCUT2D eigenvalue weighted by Crippen LogP contribution is -2.29. The summed E-state index contributed by atoms with van der Waals surface area (Å²) in [5.74, 6) is 0. The van der Waals surface area contributed by atoms with E-state index in [0.29, 0.717) is 5.57 Å². The van der Waals surface area contributed by atoms with Crippen molar-refractivity contribution in [2.75, 3.05) is 0 Å². The quantitative estimate of drug-likeness (QED) is 0.780. The van der Waals surface area contributed by atoms with Crippen LogP contribution in [0.2, 0.25) is 0 Å². The second-order valence-electron chi connectivity index (χ2n) is 6.66. The molecular formula is C22H24O3S. The zero-order chi connectivity index (χ0) is 19.4. The summed E-state index contributed by atoms with van der Waals surface area (Å²) < 4.78 is 26.3. The standard InChI is InChI=1S/C22H24O3S/c1-17(2)16-21(26(24,25)20-12-10-18(3)11-13-20)22(4,23)15-14-19-8-6-5-7-9-19/h5-15,23H,1-4H3/b15-14+. The molecule has 0 aliphatic heterocycles. The van der Waals surface area contributed by atoms with E-state index in [1.165, 1.54) is 13.0 Å². The second-order valence-corrected chi connectivity index (χ2v) is 8.55. The Morgan fingerprint density at radius 1 is 1.04 bits per heavy atom. The normalized spacial score (nSPS) is 13.9. The number of rotatable bonds is 5. The first-order chi connectivity index (χ1) is 12.1. The highest BCUT2D eigenvalue weighted by Crippen LogP contribution is 2.30. The molecule has 2 rings (SSSR count). The molecule has 0 aliphatic carbocycles. The summed E-state index contributed by atoms with van der Waals surface area (Å²) in [6.45, 7) is 6.86. The zero-order valence-electron chi connectivity index (χ0n) is 15.5. The molecule has 1 N–H and O–H groups in total. The molecule has 1 atom stereocenters. The monoisotopic (exact) mass is 368 g/mol. The summed E-state index contributed by atoms with van der Waals surface area (Å²) in [6, 6.07) is 16.0. The van der Waals surface area contributed by atoms with Gasteiger partial charge in [0, 0.05) is 0 Å². The molecule has 0 amide bonds. The minimum Gasteiger partial charge on any atom is -0.380 e. The van der Waals surface area contributed by atoms with Crippen LogP contribution in [0.25, 0.3) is 6.08 Å². The van der Waals surface area contributed by atoms with Gasteiger partial charge in [-0.3, -0.25) is 0 Å². The lowest BCUT2D eigenvalue weighted by atomic mass is 10.0. The van der Waals surface area contributed by atoms with Gasteiger partial charge in [0.1, 0.15) is 10.5 Å². The third-order valence-electron chi connectivity index (χ3n) is 3.82. The summed E-state index contributed by atoms with van der Waals surface area (Å²) in [6.07, 6.45) is 3.19. The molecule has 0 fully saturated rings. The highest BCUT2D eigenvalue weighted by Gasteiger charge is 2.34. The number of sulfone groups is 1. The van der Waals surface area contributed by atoms with E-state index in [-0.39, 0.29) is 9.80 Å². The Morgan fingerprint density at radius 2 is 1.62 bits per heavy atom. The number of aliphatic hydroxyl groups is 1. The average molecular weight is 368 g/mol. The van der Waals surface area contributed by atoms with E-state index in [2.05, 4.69) is 5.73 Å². The van der Waals surface area contributed by atoms with Gasteiger partial charge >= 0.3 is 0 Å². The maximum Gasteiger partial charge on any atom is 0.213 e. The molecule has 2 aromatic rings. The maximum atomic E-state index is 13.1. The van der Waals surface area contributed by atoms with Gasteiger partial charge in [-0.15, -0.1) is 5.73 Å². The van der Waals surface area contributed by atoms with Crippen LogP contribution in [0.5, 0.6) is 0 Å². The maximum absolute atomic E-state index is 13.1. The SMILES string of the molecule is CC(C)=C=C(C(C)(O)/C=C/c1ccccc1)S(=O)(=O)c1ccc(C)cc1. The molecule has 0 radical (unpaired) electrons. The smallest absolute Gasteiger partial charge is 0.213 e. The second kappa shape index (κ2) is 7.88. The van der Waals surface area contributed by atoms with Crippen molar-refractivity contribution in [1.82, 2.24) is 0 Å². The van der Waals surface area contributed by atoms with Gasteiger partial charge < -0.3 is 5.11 Å². The van der Waals surface area contributed by atoms with E-state index in [1.54, 1.807) is 44.2 Å². The lowest BCUT2D eigenvalue weighted by Gasteiger charge is -2.22. The molecule has 4 heteroatoms. The van der Waals surface area contributed by atoms with Crippen LogP contribution in [0.1, 0.15) is 31.9 Å². The first-order valence-electron chi connectivity index (χ1n) is 8.36. The van der Waals surface area contributed by atoms with Crippen molar-refractivity contribution in [3.63, 3.8) is 0 Å². The van der Waals surface area contributed by atoms with Crippen LogP contribution in [0.3, 0.4) is 0 Å². The predicted molar refractivity (Wildman–Crippen MR) is 106 cm³/mol. The molecular weight excluding hydrogens is 344 g/mol. The van der Waals surface area contributed by atoms with Gasteiger partial charge in [-0.25, -0.2) is 8.42 Å². The van der Waals surface area contributed by atoms with E-state index >= 15 is 0 Å². The van der Waals surface area contributed by atoms with Crippen molar-refractivity contribution in [2.45, 2.75) is 38.2 Å². The molecule has 0 spiro atoms. The largest absolute Gasteiger partial charge is 0.380 e. The highest BCUT2D eigenvalue weighted by atomic mass is 32.2. The van der Waals surface area contributed by atoms with Crippen LogP contribution in [-0.4, -0.2) is 19.1 Å². The van der Waals surface area contributed by atoms with Crippen molar-refractivity contribution in [3.05, 3.63) is 88.0 Å². The van der Waals surface area contributed by atoms with Crippen LogP contribution in [0, 0.1) is 6.92 Å². The van der Waals surface area contributed by atoms with Crippen LogP contribution in [0.15, 0.2) is 81.8 Å². The third-order valence-corrected chi connectivity index (χ3v) is 5.77. The van der Waals surface area contributed by atoms with Crippen molar-refractivity contribution >= 4 is 15.9 Å². The topological polar surface area (TPSA) is 54.4 Å². The molecule has 2 aromatic carbocycles. The fraction of sp³-hybridized carbons (Fsp3) is 0.227. The Kier molecular flexibility index (Phi) is 6.04. The van der Waals surface area contributed by atoms with Crippen LogP contribution < -0.4 is 0 Å². The van der Waals surface area contributed by atoms with Crippen molar-refractivity contribution in [3.8, 4) is 0 Å². The predicted octanol–water partition coefficient (Wildman–Crippen LogP) is 4.68. The van der Waals surface area contributed by atoms with E-state index in [4.69, 9.17) is 0 Å². The first kappa shape index (κ1) is 19.9. The van der Waals surface area contributed by atoms with E-state index in [0.717, 1.165) is 11.1 Å². The Balaban J connectivity index is 2.56. The highest BCUT2D eigenvalue weighted by molar-refractivity contribution is 7.95. The van der Waals surface area contributed by atoms with Crippen molar-refractivity contribution < 1.29 is 13.5 Å². The Bertz CT molecular complexity index is 954. The number of benzene rings is 2. The minimum atomic E-state index is -3.89. The van der Waals surface area contributed by atoms with E-state index < -0.39 is 15.4 Å². The third kappa shape index (κ3) is 4.83. The van der Waals surface area contributed by atoms with E-state index in [1.807, 2.05) is 37.3 Å². The van der Waals surface area contributed by atoms with Gasteiger partial charge in [0.2, 0.25) is 9.84 Å². The van der Waals surface area contributed by atoms with Crippen LogP contribution in [-0.2, 0) is 9.84 Å². The van der Waals surface area contributed by atoms with Gasteiger partial charge in [0.25, 0.3) is 0 Å². The van der Waals surface area contributed by atoms with Crippen molar-refractivity contribution in [2.24, 2.45) is 0 Å². The molecule has 1 unspecified atom stereocenters. The molecule has 26 heavy (non-hydrogen) atoms. The lowest BCUT2D eigenvalue weighted by molar-refractivity contribution is 0.159. The zero-order valence-corrected chi connectivity index (χ0v) is 16.3. The molecule has 0 saturated carbocycles. The summed E-state index contributed by atoms with van der Waals surface area (Å²) in [5.41, 5.74) is 3.66. The molecule has 0 heterocycles. The van der Waals surface area contributed by atoms with Gasteiger partial charge in [0.05, 0.1) is 4.90 Å². The fourth-order valence-corrected chi connectivity index (χ4v) is 4.11. The molecule has 0 bridgehead atoms. The van der Waals surface area contributed by atoms with Crippen LogP contribution in [0.4, 0.5) is 0 Å². The van der Waals surface area contributed by atoms with Gasteiger partial charge in [-0.05, 0) is 57.0 Å². The Morgan fingerprint density at radius 3 is 2.15 bits per heavy atom. The summed E-state index contributed by atoms with van der Waals surface area (Å²) in [7, 11) is -3.89. The average Bonchev–Trinajstić information content (AvgIpc) is 2.59. The van der Waals surface area contributed by atoms with Crippen molar-refractivity contribution in [1.29, 1.82) is 0 Å². The summed E-state index contributed by atoms with van der Waals surface area (Å²) in [5, 5.41) is 11.0. The first-order valence-corrected chi connectivity index (χ1v) is 9.84. The van der Waals surface area contributed by atoms with Gasteiger partial charge in [-0.1, -0.05) is 54.1 Å². The molecule has 0 saturated heterocycles. The van der Waals surface area contributed by atoms with Gasteiger partial charge in [-0.2, -0.15) is 0 Å². The number of aryl methyl sites for hydroxylation is 1. The summed E-state index contributed by atoms with van der Waals surface area (Å²) >= 11 is 0. The van der Waals surface area contributed by atoms with Gasteiger partial charge in [0.15, 0.2) is 0 Å². The molecule has 0 aliphatic rings. The van der Waals surface area contributed by atoms with Crippen LogP contribution >= 0.6 is 0 Å². The number of hydrogen-bond donors (Lipinski definition) is 1. The minimum absolute atomic E-state index is 0.139. The molecule has 3 nitrogen and oxygen atoms in total. The number of hydrogen-bond acceptors (Lipinski definition) is 3. The molecule has 136 valence electrons. The molecule has 0 aromatic heterocycles. The van der Waals surface area contributed by atoms with E-state index in [9.17, 15) is 13.5 Å². The Hall–Kier alpha value is -2.39. The fourth-order valence-electron chi connectivity index (χ4n) is 2.43. The summed E-state index contributed by atoms with van der Waals surface area (Å²) in [4.78, 5) is -0.0266.